The van der Waals surface area contributed by atoms with Crippen LogP contribution in [-0.4, -0.2) is 52.4 Å². The molecule has 0 aliphatic rings. The summed E-state index contributed by atoms with van der Waals surface area (Å²) in [6.45, 7) is 1.54. The number of carbonyl (C=O) groups is 2. The number of fused-ring (bicyclic) bond motifs is 1. The normalized spacial score (nSPS) is 12.6. The lowest BCUT2D eigenvalue weighted by atomic mass is 10.1. The Hall–Kier alpha value is -3.67. The molecule has 0 radical (unpaired) electrons. The standard InChI is InChI=1S/C21H22F3N5O4/c1-10(20(32)29(2)3)9-26-18(31)17-14(8-25)33-19(28-17)12-4-6-13(30)16-11(12)5-7-15(27-16)21(22,23)24/h4-7,10,30H,8-9,25H2,1-3H3,(H,26,31)/t10-/m0/s1. The molecule has 2 heterocycles. The highest BCUT2D eigenvalue weighted by Gasteiger charge is 2.33. The van der Waals surface area contributed by atoms with Crippen LogP contribution in [0.3, 0.4) is 0 Å². The highest BCUT2D eigenvalue weighted by atomic mass is 19.4. The van der Waals surface area contributed by atoms with E-state index < -0.39 is 29.4 Å². The van der Waals surface area contributed by atoms with Crippen LogP contribution in [0.4, 0.5) is 13.2 Å². The van der Waals surface area contributed by atoms with Gasteiger partial charge in [0.25, 0.3) is 5.91 Å². The van der Waals surface area contributed by atoms with Crippen molar-refractivity contribution in [3.63, 3.8) is 0 Å². The van der Waals surface area contributed by atoms with Crippen molar-refractivity contribution in [1.82, 2.24) is 20.2 Å². The van der Waals surface area contributed by atoms with Gasteiger partial charge in [-0.25, -0.2) is 9.97 Å². The monoisotopic (exact) mass is 465 g/mol. The zero-order chi connectivity index (χ0) is 24.5. The first-order chi connectivity index (χ1) is 15.4. The minimum absolute atomic E-state index is 0.0499. The van der Waals surface area contributed by atoms with Crippen LogP contribution in [0, 0.1) is 5.92 Å². The average molecular weight is 465 g/mol. The predicted molar refractivity (Wildman–Crippen MR) is 112 cm³/mol. The number of carbonyl (C=O) groups excluding carboxylic acids is 2. The Labute approximate surface area is 186 Å². The summed E-state index contributed by atoms with van der Waals surface area (Å²) in [4.78, 5) is 33.7. The number of benzene rings is 1. The second-order valence-electron chi connectivity index (χ2n) is 7.56. The number of nitrogens with two attached hydrogens (primary N) is 1. The number of pyridine rings is 1. The Morgan fingerprint density at radius 1 is 1.21 bits per heavy atom. The summed E-state index contributed by atoms with van der Waals surface area (Å²) in [5.41, 5.74) is 4.32. The maximum absolute atomic E-state index is 13.0. The molecule has 2 aromatic heterocycles. The van der Waals surface area contributed by atoms with Gasteiger partial charge < -0.3 is 25.5 Å². The van der Waals surface area contributed by atoms with E-state index in [9.17, 15) is 27.9 Å². The molecule has 0 bridgehead atoms. The summed E-state index contributed by atoms with van der Waals surface area (Å²) in [5, 5.41) is 12.8. The number of alkyl halides is 3. The quantitative estimate of drug-likeness (QED) is 0.509. The number of hydrogen-bond acceptors (Lipinski definition) is 7. The second kappa shape index (κ2) is 9.06. The molecule has 1 atom stereocenters. The zero-order valence-corrected chi connectivity index (χ0v) is 18.0. The molecule has 33 heavy (non-hydrogen) atoms. The van der Waals surface area contributed by atoms with E-state index >= 15 is 0 Å². The zero-order valence-electron chi connectivity index (χ0n) is 18.0. The number of oxazole rings is 1. The third kappa shape index (κ3) is 4.90. The van der Waals surface area contributed by atoms with Crippen molar-refractivity contribution >= 4 is 22.7 Å². The largest absolute Gasteiger partial charge is 0.506 e. The number of nitrogens with zero attached hydrogens (tertiary/aromatic N) is 3. The first-order valence-corrected chi connectivity index (χ1v) is 9.83. The number of aromatic hydroxyl groups is 1. The maximum Gasteiger partial charge on any atom is 0.433 e. The van der Waals surface area contributed by atoms with Crippen LogP contribution in [0.15, 0.2) is 28.7 Å². The van der Waals surface area contributed by atoms with E-state index in [0.29, 0.717) is 0 Å². The fourth-order valence-corrected chi connectivity index (χ4v) is 3.19. The van der Waals surface area contributed by atoms with E-state index in [1.54, 1.807) is 21.0 Å². The fraction of sp³-hybridized carbons (Fsp3) is 0.333. The smallest absolute Gasteiger partial charge is 0.433 e. The molecule has 2 amide bonds. The summed E-state index contributed by atoms with van der Waals surface area (Å²) in [5.74, 6) is -1.75. The van der Waals surface area contributed by atoms with Gasteiger partial charge in [0.2, 0.25) is 11.8 Å². The van der Waals surface area contributed by atoms with Crippen LogP contribution in [0.25, 0.3) is 22.4 Å². The highest BCUT2D eigenvalue weighted by Crippen LogP contribution is 2.36. The van der Waals surface area contributed by atoms with Gasteiger partial charge in [0, 0.05) is 31.6 Å². The number of nitrogens with one attached hydrogen (secondary N) is 1. The van der Waals surface area contributed by atoms with Crippen LogP contribution in [0.1, 0.15) is 28.9 Å². The van der Waals surface area contributed by atoms with E-state index in [1.807, 2.05) is 0 Å². The van der Waals surface area contributed by atoms with Crippen molar-refractivity contribution < 1.29 is 32.3 Å². The lowest BCUT2D eigenvalue weighted by Crippen LogP contribution is -2.37. The number of aromatic nitrogens is 2. The lowest BCUT2D eigenvalue weighted by Gasteiger charge is -2.16. The summed E-state index contributed by atoms with van der Waals surface area (Å²) in [7, 11) is 3.21. The number of amides is 2. The SMILES string of the molecule is C[C@@H](CNC(=O)c1nc(-c2ccc(O)c3nc(C(F)(F)F)ccc23)oc1CN)C(=O)N(C)C. The van der Waals surface area contributed by atoms with Crippen LogP contribution >= 0.6 is 0 Å². The van der Waals surface area contributed by atoms with Crippen molar-refractivity contribution in [2.24, 2.45) is 11.7 Å². The van der Waals surface area contributed by atoms with Gasteiger partial charge in [-0.3, -0.25) is 9.59 Å². The summed E-state index contributed by atoms with van der Waals surface area (Å²) in [6.07, 6.45) is -4.69. The van der Waals surface area contributed by atoms with Crippen molar-refractivity contribution in [2.45, 2.75) is 19.6 Å². The first kappa shape index (κ1) is 24.0. The molecule has 1 aromatic carbocycles. The minimum atomic E-state index is -4.69. The van der Waals surface area contributed by atoms with Gasteiger partial charge in [0.15, 0.2) is 11.5 Å². The fourth-order valence-electron chi connectivity index (χ4n) is 3.19. The molecule has 0 saturated carbocycles. The molecule has 176 valence electrons. The van der Waals surface area contributed by atoms with Gasteiger partial charge in [-0.1, -0.05) is 6.92 Å². The Morgan fingerprint density at radius 3 is 2.52 bits per heavy atom. The topological polar surface area (TPSA) is 135 Å². The first-order valence-electron chi connectivity index (χ1n) is 9.83. The highest BCUT2D eigenvalue weighted by molar-refractivity contribution is 5.98. The van der Waals surface area contributed by atoms with E-state index in [-0.39, 0.29) is 52.8 Å². The molecule has 0 fully saturated rings. The third-order valence-corrected chi connectivity index (χ3v) is 4.89. The van der Waals surface area contributed by atoms with E-state index in [2.05, 4.69) is 15.3 Å². The molecular weight excluding hydrogens is 443 g/mol. The molecule has 12 heteroatoms. The number of hydrogen-bond donors (Lipinski definition) is 3. The van der Waals surface area contributed by atoms with E-state index in [4.69, 9.17) is 10.2 Å². The van der Waals surface area contributed by atoms with Gasteiger partial charge in [-0.15, -0.1) is 0 Å². The molecule has 0 saturated heterocycles. The predicted octanol–water partition coefficient (Wildman–Crippen LogP) is 2.53. The van der Waals surface area contributed by atoms with Gasteiger partial charge >= 0.3 is 6.18 Å². The maximum atomic E-state index is 13.0. The molecule has 0 aliphatic carbocycles. The lowest BCUT2D eigenvalue weighted by molar-refractivity contribution is -0.141. The van der Waals surface area contributed by atoms with Gasteiger partial charge in [-0.2, -0.15) is 13.2 Å². The Kier molecular flexibility index (Phi) is 6.58. The minimum Gasteiger partial charge on any atom is -0.506 e. The molecule has 9 nitrogen and oxygen atoms in total. The number of phenolic OH excluding ortho intramolecular Hbond substituents is 1. The summed E-state index contributed by atoms with van der Waals surface area (Å²) in [6, 6.07) is 4.46. The van der Waals surface area contributed by atoms with Crippen LogP contribution in [0.2, 0.25) is 0 Å². The second-order valence-corrected chi connectivity index (χ2v) is 7.56. The molecule has 3 aromatic rings. The molecule has 0 aliphatic heterocycles. The molecule has 4 N–H and O–H groups in total. The summed E-state index contributed by atoms with van der Waals surface area (Å²) < 4.78 is 44.7. The van der Waals surface area contributed by atoms with Crippen molar-refractivity contribution in [3.8, 4) is 17.2 Å². The number of halogens is 3. The van der Waals surface area contributed by atoms with E-state index in [1.165, 1.54) is 11.0 Å². The van der Waals surface area contributed by atoms with Crippen LogP contribution in [0.5, 0.6) is 5.75 Å². The third-order valence-electron chi connectivity index (χ3n) is 4.89. The van der Waals surface area contributed by atoms with Crippen molar-refractivity contribution in [1.29, 1.82) is 0 Å². The van der Waals surface area contributed by atoms with Crippen LogP contribution < -0.4 is 11.1 Å². The Morgan fingerprint density at radius 2 is 1.91 bits per heavy atom. The average Bonchev–Trinajstić information content (AvgIpc) is 3.20. The van der Waals surface area contributed by atoms with Crippen LogP contribution in [-0.2, 0) is 17.5 Å². The van der Waals surface area contributed by atoms with Crippen molar-refractivity contribution in [2.75, 3.05) is 20.6 Å². The number of phenols is 1. The molecular formula is C21H22F3N5O4. The Bertz CT molecular complexity index is 1210. The van der Waals surface area contributed by atoms with Gasteiger partial charge in [-0.05, 0) is 24.3 Å². The van der Waals surface area contributed by atoms with Gasteiger partial charge in [0.05, 0.1) is 12.5 Å². The molecule has 0 unspecified atom stereocenters. The Balaban J connectivity index is 1.96. The molecule has 0 spiro atoms. The summed E-state index contributed by atoms with van der Waals surface area (Å²) >= 11 is 0. The number of rotatable bonds is 6. The molecule has 3 rings (SSSR count). The van der Waals surface area contributed by atoms with E-state index in [0.717, 1.165) is 18.2 Å². The van der Waals surface area contributed by atoms with Gasteiger partial charge in [0.1, 0.15) is 17.0 Å². The van der Waals surface area contributed by atoms with Crippen molar-refractivity contribution in [3.05, 3.63) is 41.4 Å².